The highest BCUT2D eigenvalue weighted by atomic mass is 32.2. The van der Waals surface area contributed by atoms with E-state index in [1.807, 2.05) is 0 Å². The Kier molecular flexibility index (Phi) is 5.72. The first kappa shape index (κ1) is 21.3. The fourth-order valence-electron chi connectivity index (χ4n) is 3.09. The van der Waals surface area contributed by atoms with Gasteiger partial charge in [-0.25, -0.2) is 8.42 Å². The van der Waals surface area contributed by atoms with Gasteiger partial charge in [0.15, 0.2) is 5.69 Å². The number of carbonyl (C=O) groups excluding carboxylic acids is 1. The predicted octanol–water partition coefficient (Wildman–Crippen LogP) is 0.867. The van der Waals surface area contributed by atoms with Crippen molar-refractivity contribution in [2.24, 2.45) is 7.05 Å². The maximum absolute atomic E-state index is 12.7. The Hall–Kier alpha value is -2.41. The van der Waals surface area contributed by atoms with Crippen LogP contribution in [0.5, 0.6) is 0 Å². The maximum Gasteiger partial charge on any atom is 0.435 e. The quantitative estimate of drug-likeness (QED) is 0.696. The van der Waals surface area contributed by atoms with Crippen LogP contribution in [-0.4, -0.2) is 69.3 Å². The number of carbonyl (C=O) groups is 1. The van der Waals surface area contributed by atoms with Crippen LogP contribution in [0.15, 0.2) is 23.4 Å². The highest BCUT2D eigenvalue weighted by Gasteiger charge is 2.34. The van der Waals surface area contributed by atoms with Gasteiger partial charge in [0.05, 0.1) is 6.20 Å². The number of hydrogen-bond acceptors (Lipinski definition) is 5. The van der Waals surface area contributed by atoms with Gasteiger partial charge in [-0.05, 0) is 13.0 Å². The second kappa shape index (κ2) is 7.78. The number of hydrogen-bond donors (Lipinski definition) is 0. The minimum absolute atomic E-state index is 0.0187. The zero-order chi connectivity index (χ0) is 21.4. The van der Waals surface area contributed by atoms with E-state index < -0.39 is 21.9 Å². The molecule has 0 radical (unpaired) electrons. The topological polar surface area (TPSA) is 93.3 Å². The van der Waals surface area contributed by atoms with E-state index in [-0.39, 0.29) is 49.9 Å². The average molecular weight is 434 g/mol. The van der Waals surface area contributed by atoms with Gasteiger partial charge in [-0.3, -0.25) is 14.2 Å². The second-order valence-electron chi connectivity index (χ2n) is 6.78. The summed E-state index contributed by atoms with van der Waals surface area (Å²) in [6, 6.07) is 0.937. The zero-order valence-electron chi connectivity index (χ0n) is 15.9. The van der Waals surface area contributed by atoms with Crippen LogP contribution in [0.3, 0.4) is 0 Å². The van der Waals surface area contributed by atoms with Crippen molar-refractivity contribution in [1.82, 2.24) is 28.8 Å². The lowest BCUT2D eigenvalue weighted by Gasteiger charge is -2.33. The third-order valence-electron chi connectivity index (χ3n) is 4.72. The predicted molar refractivity (Wildman–Crippen MR) is 95.1 cm³/mol. The summed E-state index contributed by atoms with van der Waals surface area (Å²) in [6.45, 7) is 2.22. The van der Waals surface area contributed by atoms with Crippen LogP contribution >= 0.6 is 0 Å². The first-order valence-corrected chi connectivity index (χ1v) is 10.3. The van der Waals surface area contributed by atoms with Gasteiger partial charge in [0, 0.05) is 58.1 Å². The summed E-state index contributed by atoms with van der Waals surface area (Å²) >= 11 is 0. The van der Waals surface area contributed by atoms with Crippen molar-refractivity contribution in [3.63, 3.8) is 0 Å². The van der Waals surface area contributed by atoms with Crippen molar-refractivity contribution in [3.05, 3.63) is 29.8 Å². The number of halogens is 3. The Morgan fingerprint density at radius 3 is 2.38 bits per heavy atom. The van der Waals surface area contributed by atoms with Gasteiger partial charge in [0.1, 0.15) is 4.90 Å². The van der Waals surface area contributed by atoms with Crippen molar-refractivity contribution in [2.45, 2.75) is 31.0 Å². The van der Waals surface area contributed by atoms with E-state index >= 15 is 0 Å². The molecule has 13 heteroatoms. The molecule has 1 aliphatic heterocycles. The first-order chi connectivity index (χ1) is 13.5. The summed E-state index contributed by atoms with van der Waals surface area (Å²) in [4.78, 5) is 14.0. The first-order valence-electron chi connectivity index (χ1n) is 8.86. The summed E-state index contributed by atoms with van der Waals surface area (Å²) < 4.78 is 67.1. The number of amides is 1. The summed E-state index contributed by atoms with van der Waals surface area (Å²) in [5.74, 6) is -0.258. The van der Waals surface area contributed by atoms with E-state index in [9.17, 15) is 26.4 Å². The average Bonchev–Trinajstić information content (AvgIpc) is 3.26. The zero-order valence-corrected chi connectivity index (χ0v) is 16.7. The summed E-state index contributed by atoms with van der Waals surface area (Å²) in [7, 11) is -2.05. The Labute approximate surface area is 165 Å². The van der Waals surface area contributed by atoms with Gasteiger partial charge in [0.25, 0.3) is 0 Å². The number of aromatic nitrogens is 4. The van der Waals surface area contributed by atoms with Gasteiger partial charge in [-0.2, -0.15) is 27.7 Å². The van der Waals surface area contributed by atoms with Crippen LogP contribution in [-0.2, 0) is 34.6 Å². The van der Waals surface area contributed by atoms with E-state index in [0.29, 0.717) is 5.69 Å². The molecule has 1 fully saturated rings. The smallest absolute Gasteiger partial charge is 0.340 e. The summed E-state index contributed by atoms with van der Waals surface area (Å²) in [5, 5.41) is 7.37. The van der Waals surface area contributed by atoms with Crippen molar-refractivity contribution < 1.29 is 26.4 Å². The number of aryl methyl sites for hydroxylation is 3. The van der Waals surface area contributed by atoms with E-state index in [0.717, 1.165) is 10.7 Å². The molecule has 1 aliphatic rings. The molecule has 0 N–H and O–H groups in total. The lowest BCUT2D eigenvalue weighted by atomic mass is 10.3. The van der Waals surface area contributed by atoms with E-state index in [1.54, 1.807) is 7.05 Å². The molecule has 3 rings (SSSR count). The van der Waals surface area contributed by atoms with Crippen LogP contribution in [0.1, 0.15) is 17.8 Å². The van der Waals surface area contributed by atoms with Crippen LogP contribution < -0.4 is 0 Å². The number of alkyl halides is 3. The minimum atomic E-state index is -4.53. The van der Waals surface area contributed by atoms with E-state index in [4.69, 9.17) is 0 Å². The molecule has 2 aromatic rings. The van der Waals surface area contributed by atoms with Gasteiger partial charge < -0.3 is 4.90 Å². The number of nitrogens with zero attached hydrogens (tertiary/aromatic N) is 6. The molecule has 2 aromatic heterocycles. The Morgan fingerprint density at radius 2 is 1.86 bits per heavy atom. The molecule has 1 amide bonds. The molecule has 0 unspecified atom stereocenters. The Morgan fingerprint density at radius 1 is 1.21 bits per heavy atom. The van der Waals surface area contributed by atoms with Crippen molar-refractivity contribution in [2.75, 3.05) is 26.2 Å². The molecule has 1 saturated heterocycles. The van der Waals surface area contributed by atoms with Crippen molar-refractivity contribution in [1.29, 1.82) is 0 Å². The lowest BCUT2D eigenvalue weighted by Crippen LogP contribution is -2.50. The van der Waals surface area contributed by atoms with Gasteiger partial charge in [-0.1, -0.05) is 0 Å². The molecule has 0 saturated carbocycles. The molecule has 0 aromatic carbocycles. The molecule has 0 spiro atoms. The molecular formula is C16H21F3N6O3S. The standard InChI is InChI=1S/C16H21F3N6O3S/c1-12-9-14(16(17,18)19)21-25(12)4-3-15(26)23-5-7-24(8-6-23)29(27,28)13-10-20-22(2)11-13/h9-11H,3-8H2,1-2H3. The lowest BCUT2D eigenvalue weighted by molar-refractivity contribution is -0.141. The van der Waals surface area contributed by atoms with E-state index in [2.05, 4.69) is 10.2 Å². The molecule has 29 heavy (non-hydrogen) atoms. The van der Waals surface area contributed by atoms with Crippen molar-refractivity contribution >= 4 is 15.9 Å². The van der Waals surface area contributed by atoms with Gasteiger partial charge >= 0.3 is 6.18 Å². The summed E-state index contributed by atoms with van der Waals surface area (Å²) in [5.41, 5.74) is -0.672. The van der Waals surface area contributed by atoms with Crippen LogP contribution in [0.25, 0.3) is 0 Å². The van der Waals surface area contributed by atoms with Crippen LogP contribution in [0.2, 0.25) is 0 Å². The minimum Gasteiger partial charge on any atom is -0.340 e. The fraction of sp³-hybridized carbons (Fsp3) is 0.562. The van der Waals surface area contributed by atoms with Crippen LogP contribution in [0, 0.1) is 6.92 Å². The second-order valence-corrected chi connectivity index (χ2v) is 8.71. The third kappa shape index (κ3) is 4.61. The maximum atomic E-state index is 12.7. The normalized spacial score (nSPS) is 16.4. The molecule has 0 bridgehead atoms. The number of rotatable bonds is 5. The molecule has 0 aliphatic carbocycles. The van der Waals surface area contributed by atoms with E-state index in [1.165, 1.54) is 33.2 Å². The molecule has 0 atom stereocenters. The molecular weight excluding hydrogens is 413 g/mol. The third-order valence-corrected chi connectivity index (χ3v) is 6.57. The Bertz CT molecular complexity index is 990. The van der Waals surface area contributed by atoms with Crippen LogP contribution in [0.4, 0.5) is 13.2 Å². The Balaban J connectivity index is 1.55. The van der Waals surface area contributed by atoms with Crippen molar-refractivity contribution in [3.8, 4) is 0 Å². The summed E-state index contributed by atoms with van der Waals surface area (Å²) in [6.07, 6.45) is -1.87. The molecule has 3 heterocycles. The number of piperazine rings is 1. The highest BCUT2D eigenvalue weighted by Crippen LogP contribution is 2.28. The fourth-order valence-corrected chi connectivity index (χ4v) is 4.50. The monoisotopic (exact) mass is 434 g/mol. The largest absolute Gasteiger partial charge is 0.435 e. The SMILES string of the molecule is Cc1cc(C(F)(F)F)nn1CCC(=O)N1CCN(S(=O)(=O)c2cnn(C)c2)CC1. The highest BCUT2D eigenvalue weighted by molar-refractivity contribution is 7.89. The number of sulfonamides is 1. The van der Waals surface area contributed by atoms with Gasteiger partial charge in [0.2, 0.25) is 15.9 Å². The molecule has 160 valence electrons. The molecule has 9 nitrogen and oxygen atoms in total. The van der Waals surface area contributed by atoms with Gasteiger partial charge in [-0.15, -0.1) is 0 Å².